The van der Waals surface area contributed by atoms with Gasteiger partial charge < -0.3 is 0 Å². The van der Waals surface area contributed by atoms with Gasteiger partial charge in [0.1, 0.15) is 6.17 Å². The molecule has 1 saturated carbocycles. The molecule has 0 N–H and O–H groups in total. The summed E-state index contributed by atoms with van der Waals surface area (Å²) in [5.41, 5.74) is 1.16. The van der Waals surface area contributed by atoms with Crippen LogP contribution in [0.5, 0.6) is 0 Å². The third-order valence-electron chi connectivity index (χ3n) is 5.28. The van der Waals surface area contributed by atoms with Gasteiger partial charge in [0, 0.05) is 0 Å². The highest BCUT2D eigenvalue weighted by Gasteiger charge is 2.22. The molecular formula is C21H34FN. The van der Waals surface area contributed by atoms with Gasteiger partial charge >= 0.3 is 0 Å². The Kier molecular flexibility index (Phi) is 9.92. The minimum absolute atomic E-state index is 0.486. The average molecular weight is 320 g/mol. The molecule has 1 aliphatic rings. The van der Waals surface area contributed by atoms with E-state index in [0.717, 1.165) is 11.5 Å². The first-order valence-electron chi connectivity index (χ1n) is 9.47. The van der Waals surface area contributed by atoms with E-state index in [0.29, 0.717) is 12.3 Å². The second-order valence-corrected chi connectivity index (χ2v) is 7.19. The molecule has 0 aromatic heterocycles. The van der Waals surface area contributed by atoms with Crippen LogP contribution in [0.15, 0.2) is 24.3 Å². The zero-order chi connectivity index (χ0) is 17.1. The molecule has 23 heavy (non-hydrogen) atoms. The van der Waals surface area contributed by atoms with E-state index in [9.17, 15) is 4.39 Å². The zero-order valence-corrected chi connectivity index (χ0v) is 15.1. The zero-order valence-electron chi connectivity index (χ0n) is 15.1. The number of halogens is 1. The Hall–Kier alpha value is -1.10. The Morgan fingerprint density at radius 1 is 1.26 bits per heavy atom. The van der Waals surface area contributed by atoms with Crippen molar-refractivity contribution in [1.82, 2.24) is 0 Å². The third kappa shape index (κ3) is 7.82. The fourth-order valence-electron chi connectivity index (χ4n) is 3.53. The van der Waals surface area contributed by atoms with Gasteiger partial charge in [0.25, 0.3) is 0 Å². The highest BCUT2D eigenvalue weighted by Crippen LogP contribution is 2.35. The smallest absolute Gasteiger partial charge is 0.113 e. The van der Waals surface area contributed by atoms with Crippen LogP contribution in [-0.4, -0.2) is 6.17 Å². The van der Waals surface area contributed by atoms with Gasteiger partial charge in [0.2, 0.25) is 0 Å². The maximum atomic E-state index is 13.2. The van der Waals surface area contributed by atoms with Crippen molar-refractivity contribution in [3.8, 4) is 6.07 Å². The van der Waals surface area contributed by atoms with Crippen molar-refractivity contribution in [2.24, 2.45) is 17.8 Å². The predicted molar refractivity (Wildman–Crippen MR) is 96.8 cm³/mol. The normalized spacial score (nSPS) is 24.3. The Balaban J connectivity index is 2.25. The van der Waals surface area contributed by atoms with Crippen molar-refractivity contribution in [2.45, 2.75) is 84.2 Å². The van der Waals surface area contributed by atoms with E-state index in [4.69, 9.17) is 5.26 Å². The van der Waals surface area contributed by atoms with E-state index >= 15 is 0 Å². The van der Waals surface area contributed by atoms with Crippen molar-refractivity contribution in [1.29, 1.82) is 5.26 Å². The molecule has 0 aliphatic heterocycles. The number of nitriles is 1. The average Bonchev–Trinajstić information content (AvgIpc) is 2.55. The Morgan fingerprint density at radius 2 is 1.96 bits per heavy atom. The van der Waals surface area contributed by atoms with Gasteiger partial charge in [-0.3, -0.25) is 0 Å². The van der Waals surface area contributed by atoms with E-state index < -0.39 is 12.1 Å². The van der Waals surface area contributed by atoms with Gasteiger partial charge in [-0.25, -0.2) is 4.39 Å². The molecule has 1 nitrogen and oxygen atoms in total. The number of alkyl halides is 1. The van der Waals surface area contributed by atoms with Crippen LogP contribution < -0.4 is 0 Å². The molecule has 0 amide bonds. The molecule has 1 aliphatic carbocycles. The second kappa shape index (κ2) is 11.4. The van der Waals surface area contributed by atoms with Crippen LogP contribution >= 0.6 is 0 Å². The maximum Gasteiger partial charge on any atom is 0.113 e. The van der Waals surface area contributed by atoms with Crippen molar-refractivity contribution in [3.05, 3.63) is 24.3 Å². The molecular weight excluding hydrogens is 285 g/mol. The molecule has 2 atom stereocenters. The van der Waals surface area contributed by atoms with Gasteiger partial charge in [-0.15, -0.1) is 0 Å². The first-order chi connectivity index (χ1) is 11.1. The summed E-state index contributed by atoms with van der Waals surface area (Å²) in [5.74, 6) is 0.967. The first kappa shape index (κ1) is 19.9. The fourth-order valence-corrected chi connectivity index (χ4v) is 3.53. The Bertz CT molecular complexity index is 397. The van der Waals surface area contributed by atoms with E-state index in [1.807, 2.05) is 18.2 Å². The summed E-state index contributed by atoms with van der Waals surface area (Å²) in [5, 5.41) is 8.90. The summed E-state index contributed by atoms with van der Waals surface area (Å²) in [6.45, 7) is 7.91. The number of hydrogen-bond acceptors (Lipinski definition) is 1. The lowest BCUT2D eigenvalue weighted by molar-refractivity contribution is 0.283. The summed E-state index contributed by atoms with van der Waals surface area (Å²) in [7, 11) is 0. The summed E-state index contributed by atoms with van der Waals surface area (Å²) < 4.78 is 13.2. The van der Waals surface area contributed by atoms with Crippen molar-refractivity contribution >= 4 is 0 Å². The number of unbranched alkanes of at least 4 members (excludes halogenated alkanes) is 3. The van der Waals surface area contributed by atoms with Crippen molar-refractivity contribution < 1.29 is 4.39 Å². The lowest BCUT2D eigenvalue weighted by atomic mass is 9.77. The van der Waals surface area contributed by atoms with Crippen LogP contribution in [0.3, 0.4) is 0 Å². The maximum absolute atomic E-state index is 13.2. The number of rotatable bonds is 10. The summed E-state index contributed by atoms with van der Waals surface area (Å²) in [4.78, 5) is 0. The lowest BCUT2D eigenvalue weighted by Gasteiger charge is -2.29. The molecule has 130 valence electrons. The lowest BCUT2D eigenvalue weighted by Crippen LogP contribution is -2.15. The SMILES string of the molecule is C=C(/C=C\CC(C#N)[C@@H](C)F)C1CCC(CCCCCC)CC1. The highest BCUT2D eigenvalue weighted by atomic mass is 19.1. The van der Waals surface area contributed by atoms with Gasteiger partial charge in [0.05, 0.1) is 12.0 Å². The Morgan fingerprint density at radius 3 is 2.52 bits per heavy atom. The van der Waals surface area contributed by atoms with Crippen LogP contribution in [0.1, 0.15) is 78.1 Å². The van der Waals surface area contributed by atoms with Crippen LogP contribution in [0, 0.1) is 29.1 Å². The molecule has 0 bridgehead atoms. The summed E-state index contributed by atoms with van der Waals surface area (Å²) in [6, 6.07) is 2.03. The van der Waals surface area contributed by atoms with Gasteiger partial charge in [-0.2, -0.15) is 5.26 Å². The van der Waals surface area contributed by atoms with Crippen LogP contribution in [-0.2, 0) is 0 Å². The minimum atomic E-state index is -1.07. The molecule has 0 heterocycles. The number of hydrogen-bond donors (Lipinski definition) is 0. The Labute approximate surface area is 142 Å². The number of nitrogens with zero attached hydrogens (tertiary/aromatic N) is 1. The molecule has 2 heteroatoms. The van der Waals surface area contributed by atoms with Crippen LogP contribution in [0.4, 0.5) is 4.39 Å². The second-order valence-electron chi connectivity index (χ2n) is 7.19. The molecule has 1 unspecified atom stereocenters. The molecule has 0 radical (unpaired) electrons. The van der Waals surface area contributed by atoms with Crippen LogP contribution in [0.2, 0.25) is 0 Å². The summed E-state index contributed by atoms with van der Waals surface area (Å²) >= 11 is 0. The topological polar surface area (TPSA) is 23.8 Å². The largest absolute Gasteiger partial charge is 0.246 e. The van der Waals surface area contributed by atoms with Crippen molar-refractivity contribution in [3.63, 3.8) is 0 Å². The van der Waals surface area contributed by atoms with Gasteiger partial charge in [0.15, 0.2) is 0 Å². The minimum Gasteiger partial charge on any atom is -0.246 e. The van der Waals surface area contributed by atoms with Crippen LogP contribution in [0.25, 0.3) is 0 Å². The molecule has 1 fully saturated rings. The fraction of sp³-hybridized carbons (Fsp3) is 0.762. The van der Waals surface area contributed by atoms with E-state index in [1.54, 1.807) is 0 Å². The van der Waals surface area contributed by atoms with E-state index in [-0.39, 0.29) is 0 Å². The quantitative estimate of drug-likeness (QED) is 0.322. The van der Waals surface area contributed by atoms with Gasteiger partial charge in [-0.1, -0.05) is 63.3 Å². The van der Waals surface area contributed by atoms with E-state index in [2.05, 4.69) is 13.5 Å². The predicted octanol–water partition coefficient (Wildman–Crippen LogP) is 6.76. The molecule has 0 saturated heterocycles. The number of allylic oxidation sites excluding steroid dienone is 3. The molecule has 1 rings (SSSR count). The highest BCUT2D eigenvalue weighted by molar-refractivity contribution is 5.19. The van der Waals surface area contributed by atoms with Crippen molar-refractivity contribution in [2.75, 3.05) is 0 Å². The summed E-state index contributed by atoms with van der Waals surface area (Å²) in [6.07, 6.45) is 15.4. The molecule has 0 aromatic carbocycles. The van der Waals surface area contributed by atoms with E-state index in [1.165, 1.54) is 64.7 Å². The monoisotopic (exact) mass is 319 g/mol. The molecule has 0 aromatic rings. The third-order valence-corrected chi connectivity index (χ3v) is 5.28. The standard InChI is InChI=1S/C21H34FN/c1-4-5-6-7-10-19-12-14-20(15-13-19)17(2)9-8-11-21(16-23)18(3)22/h8-9,18-21H,2,4-7,10-15H2,1,3H3/b9-8-/t18-,19?,20?,21?/m1/s1. The first-order valence-corrected chi connectivity index (χ1v) is 9.47. The molecule has 0 spiro atoms. The van der Waals surface area contributed by atoms with Gasteiger partial charge in [-0.05, 0) is 50.9 Å².